The van der Waals surface area contributed by atoms with Crippen LogP contribution in [0.1, 0.15) is 0 Å². The van der Waals surface area contributed by atoms with Crippen LogP contribution in [0.4, 0.5) is 4.39 Å². The Morgan fingerprint density at radius 1 is 0.929 bits per heavy atom. The predicted molar refractivity (Wildman–Crippen MR) is 56.8 cm³/mol. The van der Waals surface area contributed by atoms with E-state index in [4.69, 9.17) is 11.6 Å². The minimum atomic E-state index is -0.288. The number of rotatable bonds is 1. The highest BCUT2D eigenvalue weighted by atomic mass is 35.5. The number of benzene rings is 2. The topological polar surface area (TPSA) is 0 Å². The predicted octanol–water partition coefficient (Wildman–Crippen LogP) is 4.15. The van der Waals surface area contributed by atoms with Gasteiger partial charge in [0.1, 0.15) is 5.82 Å². The van der Waals surface area contributed by atoms with Gasteiger partial charge < -0.3 is 0 Å². The van der Waals surface area contributed by atoms with E-state index in [9.17, 15) is 4.39 Å². The molecule has 0 saturated carbocycles. The van der Waals surface area contributed by atoms with Crippen LogP contribution in [-0.4, -0.2) is 0 Å². The zero-order chi connectivity index (χ0) is 9.97. The molecule has 0 spiro atoms. The molecule has 0 saturated heterocycles. The first-order chi connectivity index (χ1) is 6.77. The summed E-state index contributed by atoms with van der Waals surface area (Å²) in [5.74, 6) is -0.288. The van der Waals surface area contributed by atoms with Gasteiger partial charge in [-0.05, 0) is 23.8 Å². The minimum Gasteiger partial charge on any atom is -0.206 e. The van der Waals surface area contributed by atoms with Gasteiger partial charge in [-0.15, -0.1) is 0 Å². The Kier molecular flexibility index (Phi) is 2.51. The van der Waals surface area contributed by atoms with E-state index in [0.29, 0.717) is 10.6 Å². The van der Waals surface area contributed by atoms with Gasteiger partial charge in [-0.25, -0.2) is 4.39 Å². The van der Waals surface area contributed by atoms with E-state index in [-0.39, 0.29) is 5.82 Å². The Balaban J connectivity index is 2.53. The van der Waals surface area contributed by atoms with Crippen molar-refractivity contribution in [3.8, 4) is 11.1 Å². The maximum absolute atomic E-state index is 13.5. The maximum atomic E-state index is 13.5. The molecule has 0 radical (unpaired) electrons. The quantitative estimate of drug-likeness (QED) is 0.658. The third-order valence-corrected chi connectivity index (χ3v) is 2.25. The van der Waals surface area contributed by atoms with Crippen molar-refractivity contribution < 1.29 is 4.39 Å². The number of hydrogen-bond donors (Lipinski definition) is 0. The number of hydrogen-bond acceptors (Lipinski definition) is 0. The van der Waals surface area contributed by atoms with Gasteiger partial charge in [-0.3, -0.25) is 0 Å². The molecule has 2 rings (SSSR count). The fourth-order valence-corrected chi connectivity index (χ4v) is 1.50. The maximum Gasteiger partial charge on any atom is 0.132 e. The van der Waals surface area contributed by atoms with E-state index >= 15 is 0 Å². The van der Waals surface area contributed by atoms with Crippen molar-refractivity contribution in [2.45, 2.75) is 0 Å². The molecule has 0 aliphatic heterocycles. The lowest BCUT2D eigenvalue weighted by Gasteiger charge is -2.02. The molecule has 2 heteroatoms. The fourth-order valence-electron chi connectivity index (χ4n) is 1.34. The summed E-state index contributed by atoms with van der Waals surface area (Å²) in [5.41, 5.74) is 1.44. The van der Waals surface area contributed by atoms with Crippen LogP contribution in [-0.2, 0) is 0 Å². The summed E-state index contributed by atoms with van der Waals surface area (Å²) in [4.78, 5) is 0. The van der Waals surface area contributed by atoms with Crippen molar-refractivity contribution in [1.82, 2.24) is 0 Å². The van der Waals surface area contributed by atoms with Gasteiger partial charge in [0.05, 0.1) is 0 Å². The van der Waals surface area contributed by atoms with Crippen LogP contribution in [0, 0.1) is 5.82 Å². The van der Waals surface area contributed by atoms with Crippen LogP contribution in [0.2, 0.25) is 5.02 Å². The third kappa shape index (κ3) is 1.78. The SMILES string of the molecule is Fc1cc(Cl)ccc1-c1ccccc1. The molecule has 0 bridgehead atoms. The van der Waals surface area contributed by atoms with E-state index in [1.807, 2.05) is 30.3 Å². The van der Waals surface area contributed by atoms with Crippen molar-refractivity contribution >= 4 is 11.6 Å². The van der Waals surface area contributed by atoms with E-state index < -0.39 is 0 Å². The average molecular weight is 207 g/mol. The molecule has 0 aliphatic carbocycles. The van der Waals surface area contributed by atoms with Crippen LogP contribution in [0.3, 0.4) is 0 Å². The largest absolute Gasteiger partial charge is 0.206 e. The highest BCUT2D eigenvalue weighted by Gasteiger charge is 2.03. The second-order valence-corrected chi connectivity index (χ2v) is 3.43. The highest BCUT2D eigenvalue weighted by Crippen LogP contribution is 2.24. The first kappa shape index (κ1) is 9.22. The lowest BCUT2D eigenvalue weighted by atomic mass is 10.1. The summed E-state index contributed by atoms with van der Waals surface area (Å²) in [7, 11) is 0. The zero-order valence-electron chi connectivity index (χ0n) is 7.37. The van der Waals surface area contributed by atoms with Gasteiger partial charge in [0, 0.05) is 10.6 Å². The van der Waals surface area contributed by atoms with Crippen molar-refractivity contribution in [2.75, 3.05) is 0 Å². The zero-order valence-corrected chi connectivity index (χ0v) is 8.13. The number of halogens is 2. The van der Waals surface area contributed by atoms with Crippen molar-refractivity contribution in [3.05, 3.63) is 59.4 Å². The average Bonchev–Trinajstić information content (AvgIpc) is 2.19. The van der Waals surface area contributed by atoms with Gasteiger partial charge in [0.15, 0.2) is 0 Å². The van der Waals surface area contributed by atoms with Gasteiger partial charge >= 0.3 is 0 Å². The van der Waals surface area contributed by atoms with E-state index in [1.54, 1.807) is 12.1 Å². The molecule has 0 nitrogen and oxygen atoms in total. The van der Waals surface area contributed by atoms with Crippen molar-refractivity contribution in [3.63, 3.8) is 0 Å². The summed E-state index contributed by atoms with van der Waals surface area (Å²) in [6.45, 7) is 0. The molecular weight excluding hydrogens is 199 g/mol. The van der Waals surface area contributed by atoms with Gasteiger partial charge in [-0.2, -0.15) is 0 Å². The lowest BCUT2D eigenvalue weighted by Crippen LogP contribution is -1.83. The molecule has 0 N–H and O–H groups in total. The summed E-state index contributed by atoms with van der Waals surface area (Å²) in [5, 5.41) is 0.419. The summed E-state index contributed by atoms with van der Waals surface area (Å²) in [6.07, 6.45) is 0. The summed E-state index contributed by atoms with van der Waals surface area (Å²) < 4.78 is 13.5. The van der Waals surface area contributed by atoms with Gasteiger partial charge in [0.25, 0.3) is 0 Å². The monoisotopic (exact) mass is 206 g/mol. The molecule has 0 heterocycles. The molecule has 0 aromatic heterocycles. The molecule has 0 amide bonds. The fraction of sp³-hybridized carbons (Fsp3) is 0. The van der Waals surface area contributed by atoms with Gasteiger partial charge in [0.2, 0.25) is 0 Å². The van der Waals surface area contributed by atoms with Crippen LogP contribution in [0.15, 0.2) is 48.5 Å². The normalized spacial score (nSPS) is 10.1. The molecule has 2 aromatic rings. The Morgan fingerprint density at radius 2 is 1.64 bits per heavy atom. The molecule has 0 unspecified atom stereocenters. The van der Waals surface area contributed by atoms with E-state index in [0.717, 1.165) is 5.56 Å². The van der Waals surface area contributed by atoms with E-state index in [1.165, 1.54) is 6.07 Å². The Hall–Kier alpha value is -1.34. The highest BCUT2D eigenvalue weighted by molar-refractivity contribution is 6.30. The molecule has 0 fully saturated rings. The van der Waals surface area contributed by atoms with Gasteiger partial charge in [-0.1, -0.05) is 41.9 Å². The molecule has 2 aromatic carbocycles. The second kappa shape index (κ2) is 3.81. The van der Waals surface area contributed by atoms with Crippen LogP contribution >= 0.6 is 11.6 Å². The third-order valence-electron chi connectivity index (χ3n) is 2.02. The smallest absolute Gasteiger partial charge is 0.132 e. The Labute approximate surface area is 87.0 Å². The van der Waals surface area contributed by atoms with Crippen LogP contribution in [0.25, 0.3) is 11.1 Å². The first-order valence-electron chi connectivity index (χ1n) is 4.28. The Bertz CT molecular complexity index is 437. The minimum absolute atomic E-state index is 0.288. The van der Waals surface area contributed by atoms with Crippen LogP contribution in [0.5, 0.6) is 0 Å². The first-order valence-corrected chi connectivity index (χ1v) is 4.65. The molecule has 70 valence electrons. The van der Waals surface area contributed by atoms with Crippen LogP contribution < -0.4 is 0 Å². The standard InChI is InChI=1S/C12H8ClF/c13-10-6-7-11(12(14)8-10)9-4-2-1-3-5-9/h1-8H. The molecule has 0 aliphatic rings. The van der Waals surface area contributed by atoms with E-state index in [2.05, 4.69) is 0 Å². The summed E-state index contributed by atoms with van der Waals surface area (Å²) in [6, 6.07) is 14.1. The van der Waals surface area contributed by atoms with Crippen molar-refractivity contribution in [2.24, 2.45) is 0 Å². The lowest BCUT2D eigenvalue weighted by molar-refractivity contribution is 0.631. The van der Waals surface area contributed by atoms with Crippen molar-refractivity contribution in [1.29, 1.82) is 0 Å². The molecular formula is C12H8ClF. The Morgan fingerprint density at radius 3 is 2.29 bits per heavy atom. The molecule has 14 heavy (non-hydrogen) atoms. The second-order valence-electron chi connectivity index (χ2n) is 2.99. The summed E-state index contributed by atoms with van der Waals surface area (Å²) >= 11 is 5.66. The molecule has 0 atom stereocenters.